The van der Waals surface area contributed by atoms with E-state index in [1.165, 1.54) is 6.07 Å². The Hall–Kier alpha value is -2.56. The average molecular weight is 399 g/mol. The Kier molecular flexibility index (Phi) is 5.68. The standard InChI is InChI=1S/C16H17ClF2N6O2/c1-24-2-4-25(5-3-24)23-16(27)13-8-14(22-21-13)20-15(26)9-6-11(18)12(19)7-10(9)17/h6-8H,2-5H2,1H3,(H,23,27)(H2,20,21,22,26). The van der Waals surface area contributed by atoms with E-state index in [9.17, 15) is 18.4 Å². The second-order valence-electron chi connectivity index (χ2n) is 6.10. The molecule has 0 bridgehead atoms. The molecule has 0 saturated carbocycles. The number of amides is 2. The van der Waals surface area contributed by atoms with Crippen LogP contribution in [0.4, 0.5) is 14.6 Å². The van der Waals surface area contributed by atoms with Crippen LogP contribution in [0.3, 0.4) is 0 Å². The quantitative estimate of drug-likeness (QED) is 0.678. The Morgan fingerprint density at radius 3 is 2.48 bits per heavy atom. The summed E-state index contributed by atoms with van der Waals surface area (Å²) in [5.41, 5.74) is 2.64. The minimum Gasteiger partial charge on any atom is -0.305 e. The number of hydrazine groups is 1. The molecule has 1 fully saturated rings. The van der Waals surface area contributed by atoms with E-state index in [0.717, 1.165) is 13.1 Å². The molecule has 0 aliphatic carbocycles. The molecule has 2 heterocycles. The van der Waals surface area contributed by atoms with Crippen LogP contribution in [0.2, 0.25) is 5.02 Å². The van der Waals surface area contributed by atoms with Crippen molar-refractivity contribution in [3.63, 3.8) is 0 Å². The van der Waals surface area contributed by atoms with Gasteiger partial charge in [-0.15, -0.1) is 0 Å². The van der Waals surface area contributed by atoms with Crippen molar-refractivity contribution in [2.24, 2.45) is 0 Å². The monoisotopic (exact) mass is 398 g/mol. The molecule has 144 valence electrons. The van der Waals surface area contributed by atoms with Crippen molar-refractivity contribution in [3.8, 4) is 0 Å². The van der Waals surface area contributed by atoms with Gasteiger partial charge in [0.15, 0.2) is 17.5 Å². The number of halogens is 3. The van der Waals surface area contributed by atoms with E-state index in [0.29, 0.717) is 25.2 Å². The van der Waals surface area contributed by atoms with E-state index in [2.05, 4.69) is 25.8 Å². The number of rotatable bonds is 4. The first-order valence-electron chi connectivity index (χ1n) is 8.09. The Morgan fingerprint density at radius 2 is 1.78 bits per heavy atom. The highest BCUT2D eigenvalue weighted by molar-refractivity contribution is 6.34. The molecule has 0 radical (unpaired) electrons. The fraction of sp³-hybridized carbons (Fsp3) is 0.312. The number of nitrogens with one attached hydrogen (secondary N) is 3. The largest absolute Gasteiger partial charge is 0.305 e. The smallest absolute Gasteiger partial charge is 0.283 e. The molecule has 1 aliphatic rings. The summed E-state index contributed by atoms with van der Waals surface area (Å²) in [6, 6.07) is 2.74. The summed E-state index contributed by atoms with van der Waals surface area (Å²) in [5, 5.41) is 10.3. The number of piperazine rings is 1. The van der Waals surface area contributed by atoms with Crippen LogP contribution in [0.5, 0.6) is 0 Å². The Balaban J connectivity index is 1.63. The number of likely N-dealkylation sites (N-methyl/N-ethyl adjacent to an activating group) is 1. The van der Waals surface area contributed by atoms with Crippen LogP contribution in [0, 0.1) is 11.6 Å². The molecular weight excluding hydrogens is 382 g/mol. The average Bonchev–Trinajstić information content (AvgIpc) is 3.08. The first kappa shape index (κ1) is 19.2. The Labute approximate surface area is 158 Å². The lowest BCUT2D eigenvalue weighted by atomic mass is 10.2. The number of carbonyl (C=O) groups excluding carboxylic acids is 2. The van der Waals surface area contributed by atoms with E-state index in [4.69, 9.17) is 11.6 Å². The van der Waals surface area contributed by atoms with Gasteiger partial charge in [0, 0.05) is 32.2 Å². The molecule has 2 aromatic rings. The third-order valence-corrected chi connectivity index (χ3v) is 4.39. The van der Waals surface area contributed by atoms with Crippen LogP contribution in [-0.4, -0.2) is 65.1 Å². The lowest BCUT2D eigenvalue weighted by Gasteiger charge is -2.32. The topological polar surface area (TPSA) is 93.4 Å². The number of hydrogen-bond donors (Lipinski definition) is 3. The van der Waals surface area contributed by atoms with Crippen molar-refractivity contribution in [3.05, 3.63) is 46.1 Å². The minimum absolute atomic E-state index is 0.0457. The predicted octanol–water partition coefficient (Wildman–Crippen LogP) is 1.49. The van der Waals surface area contributed by atoms with Crippen LogP contribution < -0.4 is 10.7 Å². The molecule has 3 N–H and O–H groups in total. The highest BCUT2D eigenvalue weighted by Gasteiger charge is 2.20. The third kappa shape index (κ3) is 4.59. The number of aromatic amines is 1. The molecular formula is C16H17ClF2N6O2. The van der Waals surface area contributed by atoms with Gasteiger partial charge in [0.05, 0.1) is 10.6 Å². The third-order valence-electron chi connectivity index (χ3n) is 4.08. The summed E-state index contributed by atoms with van der Waals surface area (Å²) in [5.74, 6) is -3.49. The van der Waals surface area contributed by atoms with Gasteiger partial charge < -0.3 is 10.2 Å². The number of carbonyl (C=O) groups is 2. The molecule has 2 amide bonds. The van der Waals surface area contributed by atoms with Gasteiger partial charge in [0.2, 0.25) is 0 Å². The molecule has 27 heavy (non-hydrogen) atoms. The minimum atomic E-state index is -1.20. The zero-order valence-electron chi connectivity index (χ0n) is 14.4. The maximum Gasteiger partial charge on any atom is 0.283 e. The maximum atomic E-state index is 13.3. The molecule has 0 atom stereocenters. The van der Waals surface area contributed by atoms with Crippen molar-refractivity contribution in [2.45, 2.75) is 0 Å². The fourth-order valence-corrected chi connectivity index (χ4v) is 2.74. The molecule has 1 aromatic heterocycles. The summed E-state index contributed by atoms with van der Waals surface area (Å²) < 4.78 is 26.4. The van der Waals surface area contributed by atoms with E-state index < -0.39 is 23.4 Å². The summed E-state index contributed by atoms with van der Waals surface area (Å²) in [6.07, 6.45) is 0. The van der Waals surface area contributed by atoms with Gasteiger partial charge in [-0.25, -0.2) is 13.8 Å². The van der Waals surface area contributed by atoms with Crippen molar-refractivity contribution < 1.29 is 18.4 Å². The van der Waals surface area contributed by atoms with Gasteiger partial charge in [0.25, 0.3) is 11.8 Å². The zero-order chi connectivity index (χ0) is 19.6. The van der Waals surface area contributed by atoms with Crippen LogP contribution in [0.25, 0.3) is 0 Å². The number of aromatic nitrogens is 2. The second kappa shape index (κ2) is 7.99. The molecule has 1 saturated heterocycles. The van der Waals surface area contributed by atoms with Crippen molar-refractivity contribution >= 4 is 29.2 Å². The molecule has 0 unspecified atom stereocenters. The second-order valence-corrected chi connectivity index (χ2v) is 6.51. The van der Waals surface area contributed by atoms with Crippen molar-refractivity contribution in [1.82, 2.24) is 25.5 Å². The van der Waals surface area contributed by atoms with Gasteiger partial charge in [-0.05, 0) is 19.2 Å². The van der Waals surface area contributed by atoms with Crippen LogP contribution >= 0.6 is 11.6 Å². The summed E-state index contributed by atoms with van der Waals surface area (Å²) in [7, 11) is 2.00. The highest BCUT2D eigenvalue weighted by atomic mass is 35.5. The van der Waals surface area contributed by atoms with Gasteiger partial charge in [-0.3, -0.25) is 20.1 Å². The van der Waals surface area contributed by atoms with Crippen LogP contribution in [-0.2, 0) is 0 Å². The molecule has 8 nitrogen and oxygen atoms in total. The lowest BCUT2D eigenvalue weighted by molar-refractivity contribution is 0.0657. The Bertz CT molecular complexity index is 867. The first-order chi connectivity index (χ1) is 12.8. The summed E-state index contributed by atoms with van der Waals surface area (Å²) in [4.78, 5) is 26.6. The van der Waals surface area contributed by atoms with Crippen LogP contribution in [0.15, 0.2) is 18.2 Å². The first-order valence-corrected chi connectivity index (χ1v) is 8.47. The highest BCUT2D eigenvalue weighted by Crippen LogP contribution is 2.21. The number of hydrogen-bond acceptors (Lipinski definition) is 5. The number of anilines is 1. The van der Waals surface area contributed by atoms with Gasteiger partial charge in [-0.1, -0.05) is 11.6 Å². The van der Waals surface area contributed by atoms with Crippen molar-refractivity contribution in [2.75, 3.05) is 38.5 Å². The van der Waals surface area contributed by atoms with Crippen molar-refractivity contribution in [1.29, 1.82) is 0 Å². The molecule has 11 heteroatoms. The number of nitrogens with zero attached hydrogens (tertiary/aromatic N) is 3. The fourth-order valence-electron chi connectivity index (χ4n) is 2.50. The number of benzene rings is 1. The molecule has 0 spiro atoms. The van der Waals surface area contributed by atoms with Gasteiger partial charge in [0.1, 0.15) is 5.69 Å². The lowest BCUT2D eigenvalue weighted by Crippen LogP contribution is -2.52. The van der Waals surface area contributed by atoms with E-state index in [-0.39, 0.29) is 22.1 Å². The summed E-state index contributed by atoms with van der Waals surface area (Å²) in [6.45, 7) is 3.04. The van der Waals surface area contributed by atoms with E-state index in [1.54, 1.807) is 5.01 Å². The van der Waals surface area contributed by atoms with Gasteiger partial charge in [-0.2, -0.15) is 5.10 Å². The predicted molar refractivity (Wildman–Crippen MR) is 94.4 cm³/mol. The maximum absolute atomic E-state index is 13.3. The summed E-state index contributed by atoms with van der Waals surface area (Å²) >= 11 is 5.77. The molecule has 1 aliphatic heterocycles. The van der Waals surface area contributed by atoms with Gasteiger partial charge >= 0.3 is 0 Å². The Morgan fingerprint density at radius 1 is 1.11 bits per heavy atom. The normalized spacial score (nSPS) is 15.6. The number of H-pyrrole nitrogens is 1. The van der Waals surface area contributed by atoms with Crippen LogP contribution in [0.1, 0.15) is 20.8 Å². The SMILES string of the molecule is CN1CCN(NC(=O)c2cc(NC(=O)c3cc(F)c(F)cc3Cl)n[nH]2)CC1. The molecule has 3 rings (SSSR count). The van der Waals surface area contributed by atoms with E-state index >= 15 is 0 Å². The van der Waals surface area contributed by atoms with E-state index in [1.807, 2.05) is 7.05 Å². The molecule has 1 aromatic carbocycles. The zero-order valence-corrected chi connectivity index (χ0v) is 15.1.